The Balaban J connectivity index is 1.44. The van der Waals surface area contributed by atoms with E-state index >= 15 is 0 Å². The van der Waals surface area contributed by atoms with Crippen molar-refractivity contribution in [3.8, 4) is 0 Å². The molecule has 3 aliphatic rings. The molecule has 1 spiro atoms. The molecular formula is C18H25N3O. The van der Waals surface area contributed by atoms with Crippen LogP contribution in [0.5, 0.6) is 0 Å². The summed E-state index contributed by atoms with van der Waals surface area (Å²) in [6.07, 6.45) is 5.95. The molecule has 1 amide bonds. The molecule has 2 fully saturated rings. The normalized spacial score (nSPS) is 25.2. The first-order valence-corrected chi connectivity index (χ1v) is 8.59. The molecule has 1 aromatic rings. The van der Waals surface area contributed by atoms with Gasteiger partial charge in [0.2, 0.25) is 5.91 Å². The van der Waals surface area contributed by atoms with Crippen molar-refractivity contribution in [2.24, 2.45) is 5.92 Å². The van der Waals surface area contributed by atoms with Crippen LogP contribution in [-0.2, 0) is 4.79 Å². The first-order valence-electron chi connectivity index (χ1n) is 8.59. The van der Waals surface area contributed by atoms with Crippen LogP contribution < -0.4 is 10.6 Å². The standard InChI is InChI=1S/C18H25N3O/c1-13(12-14-6-7-14)21-10-8-18(9-11-21)17(22)19-15-4-2-3-5-16(15)20-18/h2-5,13-14,20H,6-12H2,1H3,(H,19,22)/t13-/m1/s1. The van der Waals surface area contributed by atoms with E-state index in [0.717, 1.165) is 43.2 Å². The highest BCUT2D eigenvalue weighted by molar-refractivity contribution is 6.06. The number of likely N-dealkylation sites (tertiary alicyclic amines) is 1. The van der Waals surface area contributed by atoms with Crippen LogP contribution in [0.15, 0.2) is 24.3 Å². The zero-order chi connectivity index (χ0) is 15.2. The third kappa shape index (κ3) is 2.50. The number of amides is 1. The monoisotopic (exact) mass is 299 g/mol. The maximum atomic E-state index is 12.6. The molecule has 1 saturated carbocycles. The molecule has 2 aliphatic heterocycles. The van der Waals surface area contributed by atoms with E-state index in [1.807, 2.05) is 18.2 Å². The Hall–Kier alpha value is -1.55. The van der Waals surface area contributed by atoms with Crippen molar-refractivity contribution in [2.45, 2.75) is 50.6 Å². The number of fused-ring (bicyclic) bond motifs is 1. The molecule has 2 N–H and O–H groups in total. The van der Waals surface area contributed by atoms with Crippen LogP contribution in [0.25, 0.3) is 0 Å². The van der Waals surface area contributed by atoms with E-state index in [4.69, 9.17) is 0 Å². The van der Waals surface area contributed by atoms with Crippen LogP contribution in [0.2, 0.25) is 0 Å². The molecule has 0 radical (unpaired) electrons. The van der Waals surface area contributed by atoms with Gasteiger partial charge in [-0.1, -0.05) is 25.0 Å². The average Bonchev–Trinajstić information content (AvgIpc) is 3.33. The fraction of sp³-hybridized carbons (Fsp3) is 0.611. The minimum Gasteiger partial charge on any atom is -0.369 e. The quantitative estimate of drug-likeness (QED) is 0.901. The minimum absolute atomic E-state index is 0.140. The summed E-state index contributed by atoms with van der Waals surface area (Å²) in [4.78, 5) is 15.2. The third-order valence-electron chi connectivity index (χ3n) is 5.63. The highest BCUT2D eigenvalue weighted by atomic mass is 16.2. The summed E-state index contributed by atoms with van der Waals surface area (Å²) in [7, 11) is 0. The summed E-state index contributed by atoms with van der Waals surface area (Å²) < 4.78 is 0. The first kappa shape index (κ1) is 14.1. The van der Waals surface area contributed by atoms with Crippen LogP contribution in [0.1, 0.15) is 39.0 Å². The second kappa shape index (κ2) is 5.27. The van der Waals surface area contributed by atoms with Gasteiger partial charge in [-0.05, 0) is 44.2 Å². The number of benzene rings is 1. The van der Waals surface area contributed by atoms with Crippen molar-refractivity contribution in [2.75, 3.05) is 23.7 Å². The Labute approximate surface area is 132 Å². The van der Waals surface area contributed by atoms with Crippen molar-refractivity contribution in [3.63, 3.8) is 0 Å². The van der Waals surface area contributed by atoms with Crippen LogP contribution in [-0.4, -0.2) is 35.5 Å². The topological polar surface area (TPSA) is 44.4 Å². The highest BCUT2D eigenvalue weighted by Gasteiger charge is 2.45. The molecule has 0 aromatic heterocycles. The zero-order valence-corrected chi connectivity index (χ0v) is 13.3. The smallest absolute Gasteiger partial charge is 0.250 e. The van der Waals surface area contributed by atoms with Crippen LogP contribution >= 0.6 is 0 Å². The van der Waals surface area contributed by atoms with Gasteiger partial charge in [-0.2, -0.15) is 0 Å². The molecule has 4 rings (SSSR count). The van der Waals surface area contributed by atoms with Gasteiger partial charge in [0, 0.05) is 19.1 Å². The van der Waals surface area contributed by atoms with Gasteiger partial charge in [-0.25, -0.2) is 0 Å². The van der Waals surface area contributed by atoms with E-state index in [2.05, 4.69) is 28.5 Å². The van der Waals surface area contributed by atoms with Gasteiger partial charge >= 0.3 is 0 Å². The van der Waals surface area contributed by atoms with Crippen molar-refractivity contribution < 1.29 is 4.79 Å². The van der Waals surface area contributed by atoms with E-state index in [1.165, 1.54) is 19.3 Å². The van der Waals surface area contributed by atoms with Gasteiger partial charge in [-0.15, -0.1) is 0 Å². The van der Waals surface area contributed by atoms with Crippen molar-refractivity contribution in [1.82, 2.24) is 4.90 Å². The summed E-state index contributed by atoms with van der Waals surface area (Å²) in [5.74, 6) is 1.11. The molecule has 1 atom stereocenters. The zero-order valence-electron chi connectivity index (χ0n) is 13.3. The highest BCUT2D eigenvalue weighted by Crippen LogP contribution is 2.38. The lowest BCUT2D eigenvalue weighted by Gasteiger charge is -2.45. The largest absolute Gasteiger partial charge is 0.369 e. The molecular weight excluding hydrogens is 274 g/mol. The van der Waals surface area contributed by atoms with Gasteiger partial charge in [0.25, 0.3) is 0 Å². The molecule has 0 bridgehead atoms. The molecule has 1 aliphatic carbocycles. The number of nitrogens with one attached hydrogen (secondary N) is 2. The molecule has 118 valence electrons. The second-order valence-electron chi connectivity index (χ2n) is 7.27. The van der Waals surface area contributed by atoms with Crippen molar-refractivity contribution >= 4 is 17.3 Å². The Morgan fingerprint density at radius 3 is 2.59 bits per heavy atom. The second-order valence-corrected chi connectivity index (χ2v) is 7.27. The summed E-state index contributed by atoms with van der Waals surface area (Å²) in [6.45, 7) is 4.37. The number of para-hydroxylation sites is 2. The number of anilines is 2. The molecule has 1 saturated heterocycles. The lowest BCUT2D eigenvalue weighted by atomic mass is 9.83. The van der Waals surface area contributed by atoms with Gasteiger partial charge in [0.05, 0.1) is 11.4 Å². The van der Waals surface area contributed by atoms with Gasteiger partial charge in [0.15, 0.2) is 0 Å². The Bertz CT molecular complexity index is 573. The number of piperidine rings is 1. The van der Waals surface area contributed by atoms with Gasteiger partial charge < -0.3 is 15.5 Å². The van der Waals surface area contributed by atoms with E-state index < -0.39 is 5.54 Å². The Kier molecular flexibility index (Phi) is 3.37. The molecule has 22 heavy (non-hydrogen) atoms. The maximum absolute atomic E-state index is 12.6. The lowest BCUT2D eigenvalue weighted by Crippen LogP contribution is -2.59. The van der Waals surface area contributed by atoms with Gasteiger partial charge in [0.1, 0.15) is 5.54 Å². The van der Waals surface area contributed by atoms with Crippen LogP contribution in [0, 0.1) is 5.92 Å². The minimum atomic E-state index is -0.413. The predicted molar refractivity (Wildman–Crippen MR) is 89.0 cm³/mol. The number of hydrogen-bond donors (Lipinski definition) is 2. The fourth-order valence-corrected chi connectivity index (χ4v) is 3.94. The molecule has 2 heterocycles. The number of carbonyl (C=O) groups excluding carboxylic acids is 1. The summed E-state index contributed by atoms with van der Waals surface area (Å²) >= 11 is 0. The predicted octanol–water partition coefficient (Wildman–Crippen LogP) is 3.07. The molecule has 4 nitrogen and oxygen atoms in total. The summed E-state index contributed by atoms with van der Waals surface area (Å²) in [5.41, 5.74) is 1.55. The van der Waals surface area contributed by atoms with Crippen LogP contribution in [0.4, 0.5) is 11.4 Å². The lowest BCUT2D eigenvalue weighted by molar-refractivity contribution is -0.122. The number of nitrogens with zero attached hydrogens (tertiary/aromatic N) is 1. The molecule has 4 heteroatoms. The SMILES string of the molecule is C[C@H](CC1CC1)N1CCC2(CC1)Nc1ccccc1NC2=O. The average molecular weight is 299 g/mol. The van der Waals surface area contributed by atoms with Crippen molar-refractivity contribution in [3.05, 3.63) is 24.3 Å². The van der Waals surface area contributed by atoms with E-state index in [1.54, 1.807) is 0 Å². The molecule has 1 aromatic carbocycles. The number of carbonyl (C=O) groups is 1. The first-order chi connectivity index (χ1) is 10.7. The van der Waals surface area contributed by atoms with E-state index in [-0.39, 0.29) is 5.91 Å². The summed E-state index contributed by atoms with van der Waals surface area (Å²) in [6, 6.07) is 8.65. The third-order valence-corrected chi connectivity index (χ3v) is 5.63. The van der Waals surface area contributed by atoms with E-state index in [0.29, 0.717) is 6.04 Å². The fourth-order valence-electron chi connectivity index (χ4n) is 3.94. The van der Waals surface area contributed by atoms with Crippen LogP contribution in [0.3, 0.4) is 0 Å². The van der Waals surface area contributed by atoms with Gasteiger partial charge in [-0.3, -0.25) is 4.79 Å². The number of hydrogen-bond acceptors (Lipinski definition) is 3. The Morgan fingerprint density at radius 2 is 1.91 bits per heavy atom. The Morgan fingerprint density at radius 1 is 1.23 bits per heavy atom. The van der Waals surface area contributed by atoms with Crippen molar-refractivity contribution in [1.29, 1.82) is 0 Å². The summed E-state index contributed by atoms with van der Waals surface area (Å²) in [5, 5.41) is 6.62. The molecule has 0 unspecified atom stereocenters. The van der Waals surface area contributed by atoms with E-state index in [9.17, 15) is 4.79 Å². The number of rotatable bonds is 3. The maximum Gasteiger partial charge on any atom is 0.250 e.